The normalized spacial score (nSPS) is 15.0. The molecule has 0 bridgehead atoms. The average Bonchev–Trinajstić information content (AvgIpc) is 2.83. The number of benzene rings is 3. The summed E-state index contributed by atoms with van der Waals surface area (Å²) in [7, 11) is 2.99. The van der Waals surface area contributed by atoms with E-state index in [1.165, 1.54) is 25.3 Å². The molecule has 0 aliphatic carbocycles. The highest BCUT2D eigenvalue weighted by Gasteiger charge is 2.33. The number of hydrogen-bond acceptors (Lipinski definition) is 8. The number of aromatic hydroxyl groups is 2. The van der Waals surface area contributed by atoms with E-state index in [9.17, 15) is 19.8 Å². The number of methoxy groups -OCH3 is 2. The van der Waals surface area contributed by atoms with Gasteiger partial charge in [-0.2, -0.15) is 0 Å². The average molecular weight is 460 g/mol. The van der Waals surface area contributed by atoms with E-state index < -0.39 is 17.3 Å². The van der Waals surface area contributed by atoms with E-state index in [0.717, 1.165) is 5.56 Å². The number of rotatable bonds is 4. The first kappa shape index (κ1) is 21.4. The summed E-state index contributed by atoms with van der Waals surface area (Å²) in [6.07, 6.45) is 0.0243. The summed E-state index contributed by atoms with van der Waals surface area (Å²) in [4.78, 5) is 25.4. The molecule has 0 fully saturated rings. The van der Waals surface area contributed by atoms with Crippen LogP contribution < -0.4 is 19.6 Å². The fourth-order valence-electron chi connectivity index (χ4n) is 4.27. The van der Waals surface area contributed by atoms with Crippen LogP contribution in [-0.2, 0) is 4.79 Å². The second-order valence-corrected chi connectivity index (χ2v) is 7.88. The number of ether oxygens (including phenoxy) is 3. The Balaban J connectivity index is 1.76. The van der Waals surface area contributed by atoms with Gasteiger partial charge in [-0.15, -0.1) is 0 Å². The second kappa shape index (κ2) is 8.15. The third kappa shape index (κ3) is 3.49. The number of phenols is 2. The summed E-state index contributed by atoms with van der Waals surface area (Å²) in [5.41, 5.74) is 1.34. The fourth-order valence-corrected chi connectivity index (χ4v) is 4.27. The van der Waals surface area contributed by atoms with E-state index in [-0.39, 0.29) is 46.1 Å². The van der Waals surface area contributed by atoms with Gasteiger partial charge in [-0.3, -0.25) is 9.59 Å². The maximum absolute atomic E-state index is 13.0. The SMILES string of the molecule is COc1ccc([C@H]2CC(=O)Oc3cc(O)c4c(=O)cc(-c5ccc(OC)c(O)c5)oc4c32)cc1. The van der Waals surface area contributed by atoms with Gasteiger partial charge >= 0.3 is 5.97 Å². The van der Waals surface area contributed by atoms with Crippen molar-refractivity contribution in [3.63, 3.8) is 0 Å². The Labute approximate surface area is 193 Å². The van der Waals surface area contributed by atoms with Gasteiger partial charge in [0.25, 0.3) is 0 Å². The topological polar surface area (TPSA) is 115 Å². The molecule has 8 nitrogen and oxygen atoms in total. The standard InChI is InChI=1S/C26H20O8/c1-31-15-6-3-13(4-7-15)16-10-23(30)33-22-12-19(29)25-18(28)11-21(34-26(25)24(16)22)14-5-8-20(32-2)17(27)9-14/h3-9,11-12,16,27,29H,10H2,1-2H3/t16-/m1/s1. The van der Waals surface area contributed by atoms with Crippen LogP contribution in [0.25, 0.3) is 22.3 Å². The highest BCUT2D eigenvalue weighted by molar-refractivity contribution is 5.93. The molecule has 1 aromatic heterocycles. The highest BCUT2D eigenvalue weighted by Crippen LogP contribution is 2.46. The summed E-state index contributed by atoms with van der Waals surface area (Å²) in [6.45, 7) is 0. The third-order valence-corrected chi connectivity index (χ3v) is 5.91. The van der Waals surface area contributed by atoms with E-state index in [1.54, 1.807) is 31.4 Å². The van der Waals surface area contributed by atoms with E-state index in [0.29, 0.717) is 16.9 Å². The van der Waals surface area contributed by atoms with E-state index in [2.05, 4.69) is 0 Å². The number of esters is 1. The Morgan fingerprint density at radius 1 is 0.912 bits per heavy atom. The van der Waals surface area contributed by atoms with Crippen molar-refractivity contribution in [1.82, 2.24) is 0 Å². The lowest BCUT2D eigenvalue weighted by Gasteiger charge is -2.26. The van der Waals surface area contributed by atoms with Gasteiger partial charge < -0.3 is 28.8 Å². The fraction of sp³-hybridized carbons (Fsp3) is 0.154. The molecule has 1 aliphatic rings. The predicted molar refractivity (Wildman–Crippen MR) is 123 cm³/mol. The molecule has 0 spiro atoms. The molecule has 5 rings (SSSR count). The van der Waals surface area contributed by atoms with Gasteiger partial charge in [-0.25, -0.2) is 0 Å². The lowest BCUT2D eigenvalue weighted by Crippen LogP contribution is -2.22. The lowest BCUT2D eigenvalue weighted by molar-refractivity contribution is -0.135. The van der Waals surface area contributed by atoms with Crippen LogP contribution in [0.4, 0.5) is 0 Å². The molecule has 2 heterocycles. The van der Waals surface area contributed by atoms with Crippen molar-refractivity contribution in [1.29, 1.82) is 0 Å². The van der Waals surface area contributed by atoms with Crippen LogP contribution >= 0.6 is 0 Å². The van der Waals surface area contributed by atoms with Gasteiger partial charge in [-0.1, -0.05) is 12.1 Å². The summed E-state index contributed by atoms with van der Waals surface area (Å²) in [5.74, 6) is -0.188. The maximum Gasteiger partial charge on any atom is 0.312 e. The molecular weight excluding hydrogens is 440 g/mol. The van der Waals surface area contributed by atoms with Crippen LogP contribution in [0, 0.1) is 0 Å². The van der Waals surface area contributed by atoms with Crippen molar-refractivity contribution in [2.24, 2.45) is 0 Å². The first-order valence-electron chi connectivity index (χ1n) is 10.4. The Hall–Kier alpha value is -4.46. The molecule has 0 saturated heterocycles. The van der Waals surface area contributed by atoms with Gasteiger partial charge in [-0.05, 0) is 35.9 Å². The van der Waals surface area contributed by atoms with Crippen molar-refractivity contribution in [2.75, 3.05) is 14.2 Å². The predicted octanol–water partition coefficient (Wildman–Crippen LogP) is 4.33. The summed E-state index contributed by atoms with van der Waals surface area (Å²) in [5, 5.41) is 20.7. The quantitative estimate of drug-likeness (QED) is 0.342. The van der Waals surface area contributed by atoms with Gasteiger partial charge in [0, 0.05) is 29.2 Å². The summed E-state index contributed by atoms with van der Waals surface area (Å²) >= 11 is 0. The smallest absolute Gasteiger partial charge is 0.312 e. The highest BCUT2D eigenvalue weighted by atomic mass is 16.5. The molecule has 1 atom stereocenters. The molecule has 8 heteroatoms. The van der Waals surface area contributed by atoms with E-state index >= 15 is 0 Å². The Kier molecular flexibility index (Phi) is 5.13. The van der Waals surface area contributed by atoms with Crippen LogP contribution in [-0.4, -0.2) is 30.4 Å². The molecule has 0 unspecified atom stereocenters. The monoisotopic (exact) mass is 460 g/mol. The minimum atomic E-state index is -0.479. The molecule has 0 radical (unpaired) electrons. The molecule has 0 saturated carbocycles. The van der Waals surface area contributed by atoms with Gasteiger partial charge in [0.15, 0.2) is 16.9 Å². The van der Waals surface area contributed by atoms with Gasteiger partial charge in [0.05, 0.1) is 20.6 Å². The molecule has 172 valence electrons. The summed E-state index contributed by atoms with van der Waals surface area (Å²) in [6, 6.07) is 14.3. The Morgan fingerprint density at radius 2 is 1.68 bits per heavy atom. The van der Waals surface area contributed by atoms with Gasteiger partial charge in [0.2, 0.25) is 0 Å². The minimum absolute atomic E-state index is 0.0169. The largest absolute Gasteiger partial charge is 0.507 e. The number of carbonyl (C=O) groups excluding carboxylic acids is 1. The van der Waals surface area contributed by atoms with Crippen molar-refractivity contribution in [2.45, 2.75) is 12.3 Å². The first-order chi connectivity index (χ1) is 16.4. The number of hydrogen-bond donors (Lipinski definition) is 2. The summed E-state index contributed by atoms with van der Waals surface area (Å²) < 4.78 is 21.9. The lowest BCUT2D eigenvalue weighted by atomic mass is 9.85. The molecule has 3 aromatic carbocycles. The van der Waals surface area contributed by atoms with Crippen LogP contribution in [0.2, 0.25) is 0 Å². The molecular formula is C26H20O8. The zero-order valence-electron chi connectivity index (χ0n) is 18.3. The zero-order valence-corrected chi connectivity index (χ0v) is 18.3. The van der Waals surface area contributed by atoms with Crippen LogP contribution in [0.1, 0.15) is 23.5 Å². The van der Waals surface area contributed by atoms with Crippen LogP contribution in [0.5, 0.6) is 28.7 Å². The van der Waals surface area contributed by atoms with Crippen molar-refractivity contribution in [3.8, 4) is 40.1 Å². The van der Waals surface area contributed by atoms with Gasteiger partial charge in [0.1, 0.15) is 34.0 Å². The van der Waals surface area contributed by atoms with Crippen LogP contribution in [0.15, 0.2) is 63.8 Å². The van der Waals surface area contributed by atoms with Crippen molar-refractivity contribution >= 4 is 16.9 Å². The number of carbonyl (C=O) groups is 1. The molecule has 2 N–H and O–H groups in total. The second-order valence-electron chi connectivity index (χ2n) is 7.88. The van der Waals surface area contributed by atoms with Crippen molar-refractivity contribution in [3.05, 3.63) is 75.9 Å². The Morgan fingerprint density at radius 3 is 2.35 bits per heavy atom. The Bertz CT molecular complexity index is 1480. The van der Waals surface area contributed by atoms with E-state index in [1.807, 2.05) is 12.1 Å². The van der Waals surface area contributed by atoms with Crippen LogP contribution in [0.3, 0.4) is 0 Å². The third-order valence-electron chi connectivity index (χ3n) is 5.91. The molecule has 34 heavy (non-hydrogen) atoms. The first-order valence-corrected chi connectivity index (χ1v) is 10.4. The molecule has 4 aromatic rings. The van der Waals surface area contributed by atoms with E-state index in [4.69, 9.17) is 18.6 Å². The molecule has 1 aliphatic heterocycles. The number of fused-ring (bicyclic) bond motifs is 3. The maximum atomic E-state index is 13.0. The number of phenolic OH excluding ortho intramolecular Hbond substituents is 2. The minimum Gasteiger partial charge on any atom is -0.507 e. The molecule has 0 amide bonds. The van der Waals surface area contributed by atoms with Crippen molar-refractivity contribution < 1.29 is 33.6 Å². The zero-order chi connectivity index (χ0) is 24.0.